The molecule has 0 aromatic carbocycles. The van der Waals surface area contributed by atoms with Crippen molar-refractivity contribution in [2.75, 3.05) is 7.05 Å². The first-order valence-corrected chi connectivity index (χ1v) is 4.40. The van der Waals surface area contributed by atoms with Gasteiger partial charge in [-0.3, -0.25) is 9.69 Å². The Hall–Kier alpha value is 0.920. The van der Waals surface area contributed by atoms with E-state index < -0.39 is 14.7 Å². The number of alkyl halides is 4. The highest BCUT2D eigenvalue weighted by atomic mass is 35.5. The standard InChI is InChI=1S/C4H4Cl5NO/c1-10(3(7)11)4(8,9)2(5)6/h2H,1H3. The highest BCUT2D eigenvalue weighted by molar-refractivity contribution is 6.66. The fourth-order valence-corrected chi connectivity index (χ4v) is 0.930. The van der Waals surface area contributed by atoms with Gasteiger partial charge in [-0.05, 0) is 11.6 Å². The largest absolute Gasteiger partial charge is 0.318 e. The van der Waals surface area contributed by atoms with E-state index in [4.69, 9.17) is 58.0 Å². The van der Waals surface area contributed by atoms with Gasteiger partial charge in [-0.1, -0.05) is 46.4 Å². The lowest BCUT2D eigenvalue weighted by molar-refractivity contribution is 0.224. The number of carbonyl (C=O) groups is 1. The number of hydrogen-bond acceptors (Lipinski definition) is 1. The van der Waals surface area contributed by atoms with Gasteiger partial charge < -0.3 is 0 Å². The molecule has 0 saturated heterocycles. The van der Waals surface area contributed by atoms with Crippen molar-refractivity contribution in [1.29, 1.82) is 0 Å². The molecule has 1 amide bonds. The fraction of sp³-hybridized carbons (Fsp3) is 0.750. The van der Waals surface area contributed by atoms with E-state index in [0.717, 1.165) is 4.90 Å². The van der Waals surface area contributed by atoms with Crippen LogP contribution in [0.4, 0.5) is 4.79 Å². The first kappa shape index (κ1) is 11.9. The third kappa shape index (κ3) is 3.03. The maximum Gasteiger partial charge on any atom is 0.318 e. The molecule has 0 rings (SSSR count). The van der Waals surface area contributed by atoms with Crippen molar-refractivity contribution >= 4 is 63.4 Å². The first-order chi connectivity index (χ1) is 4.80. The summed E-state index contributed by atoms with van der Waals surface area (Å²) in [6.45, 7) is 0. The van der Waals surface area contributed by atoms with Crippen molar-refractivity contribution in [2.24, 2.45) is 0 Å². The number of hydrogen-bond donors (Lipinski definition) is 0. The van der Waals surface area contributed by atoms with Crippen LogP contribution in [0.25, 0.3) is 0 Å². The summed E-state index contributed by atoms with van der Waals surface area (Å²) >= 11 is 26.8. The molecule has 0 unspecified atom stereocenters. The molecule has 0 bridgehead atoms. The Kier molecular flexibility index (Phi) is 4.59. The van der Waals surface area contributed by atoms with Gasteiger partial charge in [0.05, 0.1) is 0 Å². The summed E-state index contributed by atoms with van der Waals surface area (Å²) in [5.74, 6) is 0. The van der Waals surface area contributed by atoms with Crippen LogP contribution in [-0.2, 0) is 0 Å². The molecule has 0 atom stereocenters. The molecule has 0 saturated carbocycles. The molecule has 66 valence electrons. The Morgan fingerprint density at radius 3 is 1.91 bits per heavy atom. The lowest BCUT2D eigenvalue weighted by atomic mass is 10.6. The van der Waals surface area contributed by atoms with Crippen LogP contribution in [-0.4, -0.2) is 26.6 Å². The summed E-state index contributed by atoms with van der Waals surface area (Å²) in [6, 6.07) is 0. The monoisotopic (exact) mass is 257 g/mol. The molecule has 0 aliphatic rings. The summed E-state index contributed by atoms with van der Waals surface area (Å²) in [6.07, 6.45) is 0. The van der Waals surface area contributed by atoms with Gasteiger partial charge in [0.25, 0.3) is 0 Å². The van der Waals surface area contributed by atoms with E-state index in [-0.39, 0.29) is 0 Å². The summed E-state index contributed by atoms with van der Waals surface area (Å²) < 4.78 is -1.69. The summed E-state index contributed by atoms with van der Waals surface area (Å²) in [5, 5.41) is -0.832. The fourth-order valence-electron chi connectivity index (χ4n) is 0.264. The van der Waals surface area contributed by atoms with E-state index in [9.17, 15) is 4.79 Å². The van der Waals surface area contributed by atoms with Gasteiger partial charge in [-0.2, -0.15) is 0 Å². The van der Waals surface area contributed by atoms with Crippen LogP contribution in [0, 0.1) is 0 Å². The number of amides is 1. The van der Waals surface area contributed by atoms with E-state index in [1.165, 1.54) is 7.05 Å². The van der Waals surface area contributed by atoms with Gasteiger partial charge in [0.15, 0.2) is 4.84 Å². The van der Waals surface area contributed by atoms with Crippen molar-refractivity contribution in [2.45, 2.75) is 9.29 Å². The molecule has 0 aliphatic heterocycles. The SMILES string of the molecule is CN(C(=O)Cl)C(Cl)(Cl)C(Cl)Cl. The molecule has 0 aromatic heterocycles. The van der Waals surface area contributed by atoms with Gasteiger partial charge in [-0.25, -0.2) is 0 Å². The van der Waals surface area contributed by atoms with Crippen LogP contribution < -0.4 is 0 Å². The second-order valence-corrected chi connectivity index (χ2v) is 4.47. The van der Waals surface area contributed by atoms with Crippen molar-refractivity contribution in [3.8, 4) is 0 Å². The average molecular weight is 259 g/mol. The molecular formula is C4H4Cl5NO. The zero-order valence-corrected chi connectivity index (χ0v) is 9.10. The second-order valence-electron chi connectivity index (χ2n) is 1.70. The molecule has 0 aromatic rings. The number of carbonyl (C=O) groups excluding carboxylic acids is 1. The molecular weight excluding hydrogens is 255 g/mol. The summed E-state index contributed by atoms with van der Waals surface area (Å²) in [4.78, 5) is 10.2. The molecule has 0 spiro atoms. The minimum Gasteiger partial charge on any atom is -0.298 e. The minimum atomic E-state index is -1.69. The predicted octanol–water partition coefficient (Wildman–Crippen LogP) is 3.21. The van der Waals surface area contributed by atoms with Gasteiger partial charge >= 0.3 is 5.37 Å². The smallest absolute Gasteiger partial charge is 0.298 e. The Bertz CT molecular complexity index is 159. The molecule has 0 heterocycles. The Morgan fingerprint density at radius 1 is 1.45 bits per heavy atom. The van der Waals surface area contributed by atoms with Gasteiger partial charge in [0.2, 0.25) is 4.46 Å². The van der Waals surface area contributed by atoms with E-state index in [0.29, 0.717) is 0 Å². The maximum atomic E-state index is 10.5. The van der Waals surface area contributed by atoms with Crippen LogP contribution in [0.2, 0.25) is 0 Å². The quantitative estimate of drug-likeness (QED) is 0.423. The number of rotatable bonds is 2. The normalized spacial score (nSPS) is 11.9. The van der Waals surface area contributed by atoms with Gasteiger partial charge in [-0.15, -0.1) is 0 Å². The van der Waals surface area contributed by atoms with Gasteiger partial charge in [0, 0.05) is 7.05 Å². The molecule has 0 radical (unpaired) electrons. The second kappa shape index (κ2) is 4.24. The first-order valence-electron chi connectivity index (χ1n) is 2.39. The maximum absolute atomic E-state index is 10.5. The number of halogens is 5. The zero-order valence-electron chi connectivity index (χ0n) is 5.32. The molecule has 0 aliphatic carbocycles. The molecule has 0 fully saturated rings. The van der Waals surface area contributed by atoms with Crippen LogP contribution >= 0.6 is 58.0 Å². The van der Waals surface area contributed by atoms with Crippen LogP contribution in [0.1, 0.15) is 0 Å². The Morgan fingerprint density at radius 2 is 1.82 bits per heavy atom. The Balaban J connectivity index is 4.41. The zero-order chi connectivity index (χ0) is 9.23. The predicted molar refractivity (Wildman–Crippen MR) is 48.9 cm³/mol. The van der Waals surface area contributed by atoms with E-state index >= 15 is 0 Å². The lowest BCUT2D eigenvalue weighted by Crippen LogP contribution is -2.43. The van der Waals surface area contributed by atoms with Crippen molar-refractivity contribution < 1.29 is 4.79 Å². The van der Waals surface area contributed by atoms with E-state index in [1.54, 1.807) is 0 Å². The molecule has 2 nitrogen and oxygen atoms in total. The van der Waals surface area contributed by atoms with Crippen LogP contribution in [0.3, 0.4) is 0 Å². The van der Waals surface area contributed by atoms with Crippen LogP contribution in [0.5, 0.6) is 0 Å². The molecule has 11 heavy (non-hydrogen) atoms. The number of nitrogens with zero attached hydrogens (tertiary/aromatic N) is 1. The average Bonchev–Trinajstić information content (AvgIpc) is 1.85. The van der Waals surface area contributed by atoms with E-state index in [1.807, 2.05) is 0 Å². The Labute approximate surface area is 89.3 Å². The topological polar surface area (TPSA) is 20.3 Å². The third-order valence-corrected chi connectivity index (χ3v) is 3.25. The molecule has 7 heteroatoms. The third-order valence-electron chi connectivity index (χ3n) is 0.973. The van der Waals surface area contributed by atoms with Crippen molar-refractivity contribution in [3.05, 3.63) is 0 Å². The highest BCUT2D eigenvalue weighted by Crippen LogP contribution is 2.35. The van der Waals surface area contributed by atoms with E-state index in [2.05, 4.69) is 0 Å². The van der Waals surface area contributed by atoms with Crippen molar-refractivity contribution in [1.82, 2.24) is 4.90 Å². The van der Waals surface area contributed by atoms with Crippen LogP contribution in [0.15, 0.2) is 0 Å². The molecule has 0 N–H and O–H groups in total. The highest BCUT2D eigenvalue weighted by Gasteiger charge is 2.39. The van der Waals surface area contributed by atoms with Gasteiger partial charge in [0.1, 0.15) is 0 Å². The van der Waals surface area contributed by atoms with Crippen molar-refractivity contribution in [3.63, 3.8) is 0 Å². The minimum absolute atomic E-state index is 0.822. The summed E-state index contributed by atoms with van der Waals surface area (Å²) in [5.41, 5.74) is 0. The summed E-state index contributed by atoms with van der Waals surface area (Å²) in [7, 11) is 1.28. The lowest BCUT2D eigenvalue weighted by Gasteiger charge is -2.29.